The second-order valence-corrected chi connectivity index (χ2v) is 8.45. The predicted octanol–water partition coefficient (Wildman–Crippen LogP) is 3.70. The third-order valence-corrected chi connectivity index (χ3v) is 4.91. The van der Waals surface area contributed by atoms with Gasteiger partial charge in [0.1, 0.15) is 0 Å². The summed E-state index contributed by atoms with van der Waals surface area (Å²) in [4.78, 5) is 0. The van der Waals surface area contributed by atoms with E-state index in [0.29, 0.717) is 6.42 Å². The Balaban J connectivity index is 4.33. The van der Waals surface area contributed by atoms with Crippen molar-refractivity contribution in [3.8, 4) is 0 Å². The Kier molecular flexibility index (Phi) is 10.4. The smallest absolute Gasteiger partial charge is 0.0972 e. The van der Waals surface area contributed by atoms with Crippen molar-refractivity contribution in [2.24, 2.45) is 0 Å². The molecule has 0 amide bonds. The molecule has 0 radical (unpaired) electrons. The molecule has 0 aromatic carbocycles. The van der Waals surface area contributed by atoms with E-state index in [2.05, 4.69) is 18.2 Å². The predicted molar refractivity (Wildman–Crippen MR) is 89.0 cm³/mol. The van der Waals surface area contributed by atoms with Crippen molar-refractivity contribution < 1.29 is 9.32 Å². The highest BCUT2D eigenvalue weighted by Gasteiger charge is 2.23. The molecule has 0 heterocycles. The standard InChI is InChI=1S/C16H33NO2S/c1-6-8-10-12-15(18)13-14(11-9-7-2)17-20(19)16(3,4)5/h7,14-15,17-18H,2,6,8-13H2,1,3-5H3/t14-,15-,20?/m0/s1. The van der Waals surface area contributed by atoms with E-state index >= 15 is 0 Å². The van der Waals surface area contributed by atoms with Crippen molar-refractivity contribution in [2.75, 3.05) is 0 Å². The van der Waals surface area contributed by atoms with Crippen LogP contribution in [0.3, 0.4) is 0 Å². The van der Waals surface area contributed by atoms with E-state index in [1.807, 2.05) is 26.8 Å². The summed E-state index contributed by atoms with van der Waals surface area (Å²) in [6, 6.07) is 0.0877. The van der Waals surface area contributed by atoms with Crippen LogP contribution < -0.4 is 4.72 Å². The summed E-state index contributed by atoms with van der Waals surface area (Å²) in [5.41, 5.74) is 0. The van der Waals surface area contributed by atoms with Gasteiger partial charge in [0, 0.05) is 6.04 Å². The minimum atomic E-state index is -1.09. The molecular formula is C16H33NO2S. The van der Waals surface area contributed by atoms with E-state index in [1.165, 1.54) is 6.42 Å². The van der Waals surface area contributed by atoms with Crippen LogP contribution in [0.4, 0.5) is 0 Å². The molecule has 4 heteroatoms. The van der Waals surface area contributed by atoms with E-state index in [9.17, 15) is 9.32 Å². The molecule has 0 saturated carbocycles. The van der Waals surface area contributed by atoms with Gasteiger partial charge in [0.15, 0.2) is 0 Å². The van der Waals surface area contributed by atoms with Crippen LogP contribution in [0.25, 0.3) is 0 Å². The minimum Gasteiger partial charge on any atom is -0.393 e. The molecule has 0 bridgehead atoms. The van der Waals surface area contributed by atoms with Crippen molar-refractivity contribution in [2.45, 2.75) is 89.5 Å². The fourth-order valence-corrected chi connectivity index (χ4v) is 2.82. The van der Waals surface area contributed by atoms with Crippen LogP contribution in [0.15, 0.2) is 12.7 Å². The van der Waals surface area contributed by atoms with Gasteiger partial charge < -0.3 is 5.11 Å². The number of hydrogen-bond donors (Lipinski definition) is 2. The summed E-state index contributed by atoms with van der Waals surface area (Å²) in [6.45, 7) is 11.8. The van der Waals surface area contributed by atoms with E-state index < -0.39 is 11.0 Å². The highest BCUT2D eigenvalue weighted by atomic mass is 32.2. The zero-order valence-electron chi connectivity index (χ0n) is 13.7. The Bertz CT molecular complexity index is 287. The van der Waals surface area contributed by atoms with Crippen molar-refractivity contribution in [3.05, 3.63) is 12.7 Å². The van der Waals surface area contributed by atoms with Crippen LogP contribution in [0, 0.1) is 0 Å². The van der Waals surface area contributed by atoms with Gasteiger partial charge in [0.2, 0.25) is 0 Å². The molecule has 0 aliphatic rings. The first-order valence-electron chi connectivity index (χ1n) is 7.78. The average Bonchev–Trinajstić information content (AvgIpc) is 2.35. The zero-order valence-corrected chi connectivity index (χ0v) is 14.5. The SMILES string of the molecule is C=CCC[C@@H](C[C@@H](O)CCCCC)NS(=O)C(C)(C)C. The molecule has 0 spiro atoms. The summed E-state index contributed by atoms with van der Waals surface area (Å²) in [7, 11) is -1.09. The lowest BCUT2D eigenvalue weighted by atomic mass is 10.0. The lowest BCUT2D eigenvalue weighted by Crippen LogP contribution is -2.41. The molecule has 0 aliphatic heterocycles. The molecule has 0 aromatic heterocycles. The first-order chi connectivity index (χ1) is 9.31. The fraction of sp³-hybridized carbons (Fsp3) is 0.875. The Morgan fingerprint density at radius 1 is 1.30 bits per heavy atom. The summed E-state index contributed by atoms with van der Waals surface area (Å²) < 4.78 is 15.1. The molecule has 120 valence electrons. The number of rotatable bonds is 11. The first-order valence-corrected chi connectivity index (χ1v) is 8.93. The molecule has 20 heavy (non-hydrogen) atoms. The molecule has 0 aromatic rings. The Labute approximate surface area is 127 Å². The molecule has 0 aliphatic carbocycles. The molecule has 0 rings (SSSR count). The highest BCUT2D eigenvalue weighted by Crippen LogP contribution is 2.15. The van der Waals surface area contributed by atoms with Crippen molar-refractivity contribution in [3.63, 3.8) is 0 Å². The van der Waals surface area contributed by atoms with Crippen molar-refractivity contribution >= 4 is 11.0 Å². The summed E-state index contributed by atoms with van der Waals surface area (Å²) in [5, 5.41) is 10.1. The monoisotopic (exact) mass is 303 g/mol. The first kappa shape index (κ1) is 19.8. The van der Waals surface area contributed by atoms with Gasteiger partial charge in [-0.15, -0.1) is 6.58 Å². The van der Waals surface area contributed by atoms with E-state index in [1.54, 1.807) is 0 Å². The lowest BCUT2D eigenvalue weighted by molar-refractivity contribution is 0.139. The summed E-state index contributed by atoms with van der Waals surface area (Å²) >= 11 is 0. The maximum atomic E-state index is 12.2. The maximum absolute atomic E-state index is 12.2. The van der Waals surface area contributed by atoms with Crippen LogP contribution in [0.5, 0.6) is 0 Å². The Hall–Kier alpha value is -0.190. The quantitative estimate of drug-likeness (QED) is 0.451. The van der Waals surface area contributed by atoms with E-state index in [0.717, 1.165) is 32.1 Å². The second kappa shape index (κ2) is 10.5. The molecule has 1 unspecified atom stereocenters. The van der Waals surface area contributed by atoms with Crippen LogP contribution >= 0.6 is 0 Å². The Morgan fingerprint density at radius 3 is 2.45 bits per heavy atom. The molecule has 2 N–H and O–H groups in total. The number of aliphatic hydroxyl groups is 1. The third-order valence-electron chi connectivity index (χ3n) is 3.25. The van der Waals surface area contributed by atoms with Crippen LogP contribution in [-0.4, -0.2) is 26.2 Å². The molecule has 0 fully saturated rings. The number of unbranched alkanes of at least 4 members (excludes halogenated alkanes) is 2. The third kappa shape index (κ3) is 9.67. The molecule has 0 saturated heterocycles. The number of allylic oxidation sites excluding steroid dienone is 1. The maximum Gasteiger partial charge on any atom is 0.0972 e. The van der Waals surface area contributed by atoms with E-state index in [4.69, 9.17) is 0 Å². The molecule has 3 atom stereocenters. The normalized spacial score (nSPS) is 16.6. The van der Waals surface area contributed by atoms with Gasteiger partial charge in [-0.05, 0) is 46.5 Å². The van der Waals surface area contributed by atoms with Gasteiger partial charge >= 0.3 is 0 Å². The van der Waals surface area contributed by atoms with Gasteiger partial charge in [0.25, 0.3) is 0 Å². The van der Waals surface area contributed by atoms with Gasteiger partial charge in [-0.25, -0.2) is 8.93 Å². The van der Waals surface area contributed by atoms with Crippen molar-refractivity contribution in [1.29, 1.82) is 0 Å². The fourth-order valence-electron chi connectivity index (χ4n) is 1.95. The zero-order chi connectivity index (χ0) is 15.6. The van der Waals surface area contributed by atoms with Gasteiger partial charge in [-0.2, -0.15) is 0 Å². The number of hydrogen-bond acceptors (Lipinski definition) is 2. The number of nitrogens with one attached hydrogen (secondary N) is 1. The number of aliphatic hydroxyl groups excluding tert-OH is 1. The van der Waals surface area contributed by atoms with Gasteiger partial charge in [-0.1, -0.05) is 32.3 Å². The largest absolute Gasteiger partial charge is 0.393 e. The van der Waals surface area contributed by atoms with E-state index in [-0.39, 0.29) is 16.9 Å². The van der Waals surface area contributed by atoms with Crippen LogP contribution in [-0.2, 0) is 11.0 Å². The lowest BCUT2D eigenvalue weighted by Gasteiger charge is -2.25. The Morgan fingerprint density at radius 2 is 1.95 bits per heavy atom. The topological polar surface area (TPSA) is 49.3 Å². The average molecular weight is 304 g/mol. The minimum absolute atomic E-state index is 0.0877. The summed E-state index contributed by atoms with van der Waals surface area (Å²) in [5.74, 6) is 0. The summed E-state index contributed by atoms with van der Waals surface area (Å²) in [6.07, 6.45) is 8.21. The van der Waals surface area contributed by atoms with Crippen LogP contribution in [0.2, 0.25) is 0 Å². The highest BCUT2D eigenvalue weighted by molar-refractivity contribution is 7.84. The molecular weight excluding hydrogens is 270 g/mol. The second-order valence-electron chi connectivity index (χ2n) is 6.45. The van der Waals surface area contributed by atoms with Crippen LogP contribution in [0.1, 0.15) is 72.6 Å². The molecule has 3 nitrogen and oxygen atoms in total. The van der Waals surface area contributed by atoms with Gasteiger partial charge in [-0.3, -0.25) is 0 Å². The van der Waals surface area contributed by atoms with Gasteiger partial charge in [0.05, 0.1) is 21.8 Å². The van der Waals surface area contributed by atoms with Crippen molar-refractivity contribution in [1.82, 2.24) is 4.72 Å².